The highest BCUT2D eigenvalue weighted by Gasteiger charge is 2.33. The lowest BCUT2D eigenvalue weighted by atomic mass is 9.79. The lowest BCUT2D eigenvalue weighted by Gasteiger charge is -2.29. The maximum Gasteiger partial charge on any atom is 0.246 e. The van der Waals surface area contributed by atoms with Crippen LogP contribution in [0.2, 0.25) is 0 Å². The first-order chi connectivity index (χ1) is 8.17. The zero-order chi connectivity index (χ0) is 14.1. The van der Waals surface area contributed by atoms with E-state index in [4.69, 9.17) is 5.84 Å². The second kappa shape index (κ2) is 5.11. The van der Waals surface area contributed by atoms with E-state index >= 15 is 0 Å². The van der Waals surface area contributed by atoms with Gasteiger partial charge in [0.25, 0.3) is 0 Å². The van der Waals surface area contributed by atoms with Crippen molar-refractivity contribution in [3.8, 4) is 0 Å². The molecule has 0 aromatic heterocycles. The molecule has 2 N–H and O–H groups in total. The van der Waals surface area contributed by atoms with Crippen LogP contribution in [0.15, 0.2) is 18.2 Å². The van der Waals surface area contributed by atoms with Gasteiger partial charge in [0.1, 0.15) is 0 Å². The van der Waals surface area contributed by atoms with Crippen LogP contribution < -0.4 is 5.84 Å². The molecule has 0 atom stereocenters. The van der Waals surface area contributed by atoms with Crippen molar-refractivity contribution >= 4 is 5.91 Å². The van der Waals surface area contributed by atoms with E-state index in [-0.39, 0.29) is 5.91 Å². The molecular formula is C15H24N2O. The Labute approximate surface area is 110 Å². The Morgan fingerprint density at radius 2 is 1.89 bits per heavy atom. The van der Waals surface area contributed by atoms with Gasteiger partial charge < -0.3 is 0 Å². The minimum absolute atomic E-state index is 0.0773. The zero-order valence-corrected chi connectivity index (χ0v) is 12.2. The number of benzene rings is 1. The summed E-state index contributed by atoms with van der Waals surface area (Å²) in [6.45, 7) is 10.2. The number of hydrazine groups is 1. The smallest absolute Gasteiger partial charge is 0.246 e. The van der Waals surface area contributed by atoms with E-state index in [1.807, 2.05) is 20.8 Å². The number of likely N-dealkylation sites (N-methyl/N-ethyl adjacent to an activating group) is 1. The van der Waals surface area contributed by atoms with Gasteiger partial charge in [-0.3, -0.25) is 9.80 Å². The number of hydrogen-bond acceptors (Lipinski definition) is 2. The number of carbonyl (C=O) groups is 1. The van der Waals surface area contributed by atoms with Crippen LogP contribution in [0.3, 0.4) is 0 Å². The van der Waals surface area contributed by atoms with Gasteiger partial charge >= 0.3 is 0 Å². The Hall–Kier alpha value is -1.35. The van der Waals surface area contributed by atoms with Gasteiger partial charge in [-0.1, -0.05) is 32.0 Å². The summed E-state index contributed by atoms with van der Waals surface area (Å²) in [5.41, 5.74) is 2.82. The normalized spacial score (nSPS) is 11.8. The minimum atomic E-state index is -0.599. The highest BCUT2D eigenvalue weighted by atomic mass is 16.2. The van der Waals surface area contributed by atoms with Gasteiger partial charge in [-0.2, -0.15) is 0 Å². The molecule has 0 saturated heterocycles. The van der Waals surface area contributed by atoms with Crippen molar-refractivity contribution in [2.24, 2.45) is 5.84 Å². The van der Waals surface area contributed by atoms with Crippen molar-refractivity contribution in [2.45, 2.75) is 46.0 Å². The molecule has 0 fully saturated rings. The molecule has 0 aliphatic heterocycles. The van der Waals surface area contributed by atoms with Gasteiger partial charge in [0.05, 0.1) is 5.41 Å². The predicted molar refractivity (Wildman–Crippen MR) is 75.3 cm³/mol. The van der Waals surface area contributed by atoms with Crippen molar-refractivity contribution in [3.63, 3.8) is 0 Å². The van der Waals surface area contributed by atoms with Gasteiger partial charge in [-0.05, 0) is 43.4 Å². The van der Waals surface area contributed by atoms with E-state index < -0.39 is 5.41 Å². The maximum absolute atomic E-state index is 12.2. The number of aryl methyl sites for hydroxylation is 1. The molecule has 0 spiro atoms. The lowest BCUT2D eigenvalue weighted by Crippen LogP contribution is -2.45. The molecule has 100 valence electrons. The molecule has 0 aliphatic carbocycles. The molecule has 3 nitrogen and oxygen atoms in total. The van der Waals surface area contributed by atoms with Gasteiger partial charge in [0.2, 0.25) is 5.91 Å². The monoisotopic (exact) mass is 248 g/mol. The molecular weight excluding hydrogens is 224 g/mol. The van der Waals surface area contributed by atoms with Crippen molar-refractivity contribution in [3.05, 3.63) is 34.9 Å². The number of amides is 1. The minimum Gasteiger partial charge on any atom is -0.283 e. The number of rotatable bonds is 3. The fraction of sp³-hybridized carbons (Fsp3) is 0.533. The van der Waals surface area contributed by atoms with Crippen molar-refractivity contribution < 1.29 is 4.79 Å². The van der Waals surface area contributed by atoms with Crippen LogP contribution in [-0.4, -0.2) is 18.0 Å². The molecule has 0 radical (unpaired) electrons. The van der Waals surface area contributed by atoms with E-state index in [9.17, 15) is 4.79 Å². The molecule has 1 rings (SSSR count). The van der Waals surface area contributed by atoms with E-state index in [1.54, 1.807) is 7.05 Å². The largest absolute Gasteiger partial charge is 0.283 e. The molecule has 0 unspecified atom stereocenters. The Balaban J connectivity index is 3.31. The van der Waals surface area contributed by atoms with Gasteiger partial charge in [-0.25, -0.2) is 5.84 Å². The summed E-state index contributed by atoms with van der Waals surface area (Å²) in [5.74, 6) is 5.96. The van der Waals surface area contributed by atoms with Crippen LogP contribution in [0.5, 0.6) is 0 Å². The third-order valence-electron chi connectivity index (χ3n) is 3.46. The molecule has 18 heavy (non-hydrogen) atoms. The average Bonchev–Trinajstić information content (AvgIpc) is 2.27. The molecule has 0 heterocycles. The summed E-state index contributed by atoms with van der Waals surface area (Å²) in [6, 6.07) is 6.33. The van der Waals surface area contributed by atoms with Gasteiger partial charge in [0.15, 0.2) is 0 Å². The number of nitrogens with zero attached hydrogens (tertiary/aromatic N) is 1. The second-order valence-electron chi connectivity index (χ2n) is 5.77. The molecule has 1 aromatic rings. The highest BCUT2D eigenvalue weighted by Crippen LogP contribution is 2.30. The number of carbonyl (C=O) groups excluding carboxylic acids is 1. The Bertz CT molecular complexity index is 448. The van der Waals surface area contributed by atoms with Crippen LogP contribution in [-0.2, 0) is 10.2 Å². The lowest BCUT2D eigenvalue weighted by molar-refractivity contribution is -0.135. The van der Waals surface area contributed by atoms with E-state index in [1.165, 1.54) is 10.6 Å². The summed E-state index contributed by atoms with van der Waals surface area (Å²) >= 11 is 0. The molecule has 0 saturated carbocycles. The van der Waals surface area contributed by atoms with E-state index in [0.29, 0.717) is 5.92 Å². The molecule has 3 heteroatoms. The van der Waals surface area contributed by atoms with Crippen LogP contribution in [0.25, 0.3) is 0 Å². The van der Waals surface area contributed by atoms with Crippen LogP contribution in [0.1, 0.15) is 50.3 Å². The second-order valence-corrected chi connectivity index (χ2v) is 5.77. The van der Waals surface area contributed by atoms with Crippen molar-refractivity contribution in [1.82, 2.24) is 5.01 Å². The SMILES string of the molecule is Cc1ccc(C(C)C)cc1C(C)(C)C(=O)N(C)N. The van der Waals surface area contributed by atoms with Crippen LogP contribution in [0.4, 0.5) is 0 Å². The molecule has 1 amide bonds. The summed E-state index contributed by atoms with van der Waals surface area (Å²) in [4.78, 5) is 12.2. The summed E-state index contributed by atoms with van der Waals surface area (Å²) in [6.07, 6.45) is 0. The standard InChI is InChI=1S/C15H24N2O/c1-10(2)12-8-7-11(3)13(9-12)15(4,5)14(18)17(6)16/h7-10H,16H2,1-6H3. The Kier molecular flexibility index (Phi) is 4.17. The van der Waals surface area contributed by atoms with Crippen molar-refractivity contribution in [2.75, 3.05) is 7.05 Å². The Morgan fingerprint density at radius 1 is 1.33 bits per heavy atom. The molecule has 1 aromatic carbocycles. The zero-order valence-electron chi connectivity index (χ0n) is 12.2. The van der Waals surface area contributed by atoms with Gasteiger partial charge in [0, 0.05) is 7.05 Å². The summed E-state index contributed by atoms with van der Waals surface area (Å²) < 4.78 is 0. The summed E-state index contributed by atoms with van der Waals surface area (Å²) in [7, 11) is 1.59. The van der Waals surface area contributed by atoms with Crippen LogP contribution in [0, 0.1) is 6.92 Å². The number of hydrogen-bond donors (Lipinski definition) is 1. The van der Waals surface area contributed by atoms with E-state index in [2.05, 4.69) is 32.0 Å². The number of nitrogens with two attached hydrogens (primary N) is 1. The van der Waals surface area contributed by atoms with Gasteiger partial charge in [-0.15, -0.1) is 0 Å². The molecule has 0 bridgehead atoms. The fourth-order valence-corrected chi connectivity index (χ4v) is 2.23. The topological polar surface area (TPSA) is 46.3 Å². The van der Waals surface area contributed by atoms with Crippen molar-refractivity contribution in [1.29, 1.82) is 0 Å². The fourth-order valence-electron chi connectivity index (χ4n) is 2.23. The predicted octanol–water partition coefficient (Wildman–Crippen LogP) is 2.73. The molecule has 0 aliphatic rings. The average molecular weight is 248 g/mol. The quantitative estimate of drug-likeness (QED) is 0.508. The summed E-state index contributed by atoms with van der Waals surface area (Å²) in [5, 5.41) is 1.17. The first kappa shape index (κ1) is 14.7. The first-order valence-corrected chi connectivity index (χ1v) is 6.31. The van der Waals surface area contributed by atoms with E-state index in [0.717, 1.165) is 11.1 Å². The first-order valence-electron chi connectivity index (χ1n) is 6.31. The maximum atomic E-state index is 12.2. The van der Waals surface area contributed by atoms with Crippen LogP contribution >= 0.6 is 0 Å². The third kappa shape index (κ3) is 2.72. The Morgan fingerprint density at radius 3 is 2.33 bits per heavy atom. The third-order valence-corrected chi connectivity index (χ3v) is 3.46. The highest BCUT2D eigenvalue weighted by molar-refractivity contribution is 5.87.